The minimum atomic E-state index is -1.000. The van der Waals surface area contributed by atoms with Gasteiger partial charge in [0.25, 0.3) is 0 Å². The van der Waals surface area contributed by atoms with Crippen LogP contribution in [0, 0.1) is 5.92 Å². The van der Waals surface area contributed by atoms with E-state index >= 15 is 0 Å². The summed E-state index contributed by atoms with van der Waals surface area (Å²) in [5.41, 5.74) is 3.18. The monoisotopic (exact) mass is 505 g/mol. The van der Waals surface area contributed by atoms with Crippen molar-refractivity contribution in [3.63, 3.8) is 0 Å². The van der Waals surface area contributed by atoms with Crippen LogP contribution in [0.4, 0.5) is 0 Å². The van der Waals surface area contributed by atoms with Gasteiger partial charge in [0.05, 0.1) is 6.61 Å². The molecule has 7 nitrogen and oxygen atoms in total. The van der Waals surface area contributed by atoms with Crippen molar-refractivity contribution in [2.24, 2.45) is 5.92 Å². The lowest BCUT2D eigenvalue weighted by atomic mass is 9.96. The summed E-state index contributed by atoms with van der Waals surface area (Å²) in [5.74, 6) is 1.27. The van der Waals surface area contributed by atoms with Gasteiger partial charge in [0.15, 0.2) is 0 Å². The molecule has 0 amide bonds. The van der Waals surface area contributed by atoms with Gasteiger partial charge < -0.3 is 29.7 Å². The SMILES string of the molecule is CC(C)COc1cc(-c2ccc3c(c2)CC[C@H](CNC[C@H](O)COc2ccccc2)O3)ccc1C(=O)O. The zero-order chi connectivity index (χ0) is 26.2. The van der Waals surface area contributed by atoms with Crippen molar-refractivity contribution in [1.82, 2.24) is 5.32 Å². The van der Waals surface area contributed by atoms with Crippen molar-refractivity contribution in [1.29, 1.82) is 0 Å². The Bertz CT molecular complexity index is 1180. The van der Waals surface area contributed by atoms with E-state index in [4.69, 9.17) is 14.2 Å². The number of fused-ring (bicyclic) bond motifs is 1. The molecule has 0 fully saturated rings. The lowest BCUT2D eigenvalue weighted by molar-refractivity contribution is 0.0691. The molecule has 3 aromatic carbocycles. The highest BCUT2D eigenvalue weighted by atomic mass is 16.5. The van der Waals surface area contributed by atoms with Crippen LogP contribution in [-0.4, -0.2) is 54.7 Å². The molecule has 0 bridgehead atoms. The minimum Gasteiger partial charge on any atom is -0.492 e. The fourth-order valence-electron chi connectivity index (χ4n) is 4.20. The first-order chi connectivity index (χ1) is 17.9. The molecule has 7 heteroatoms. The van der Waals surface area contributed by atoms with E-state index in [0.717, 1.165) is 41.0 Å². The van der Waals surface area contributed by atoms with Crippen molar-refractivity contribution >= 4 is 5.97 Å². The number of benzene rings is 3. The van der Waals surface area contributed by atoms with Gasteiger partial charge in [0, 0.05) is 13.1 Å². The smallest absolute Gasteiger partial charge is 0.339 e. The van der Waals surface area contributed by atoms with Gasteiger partial charge in [-0.3, -0.25) is 0 Å². The molecule has 0 radical (unpaired) electrons. The summed E-state index contributed by atoms with van der Waals surface area (Å²) in [4.78, 5) is 11.6. The largest absolute Gasteiger partial charge is 0.492 e. The van der Waals surface area contributed by atoms with Gasteiger partial charge in [-0.25, -0.2) is 4.79 Å². The number of para-hydroxylation sites is 1. The van der Waals surface area contributed by atoms with Gasteiger partial charge in [0.2, 0.25) is 0 Å². The summed E-state index contributed by atoms with van der Waals surface area (Å²) in [7, 11) is 0. The van der Waals surface area contributed by atoms with Crippen LogP contribution >= 0.6 is 0 Å². The molecule has 0 spiro atoms. The van der Waals surface area contributed by atoms with E-state index in [9.17, 15) is 15.0 Å². The fourth-order valence-corrected chi connectivity index (χ4v) is 4.20. The Morgan fingerprint density at radius 1 is 1.03 bits per heavy atom. The predicted molar refractivity (Wildman–Crippen MR) is 143 cm³/mol. The van der Waals surface area contributed by atoms with Gasteiger partial charge in [-0.2, -0.15) is 0 Å². The van der Waals surface area contributed by atoms with Gasteiger partial charge in [-0.1, -0.05) is 44.2 Å². The molecule has 1 aliphatic heterocycles. The molecule has 4 rings (SSSR count). The van der Waals surface area contributed by atoms with E-state index in [-0.39, 0.29) is 18.3 Å². The van der Waals surface area contributed by atoms with Gasteiger partial charge >= 0.3 is 5.97 Å². The number of aliphatic hydroxyl groups is 1. The fraction of sp³-hybridized carbons (Fsp3) is 0.367. The number of aliphatic hydroxyl groups excluding tert-OH is 1. The molecular formula is C30H35NO6. The predicted octanol–water partition coefficient (Wildman–Crippen LogP) is 4.81. The second-order valence-corrected chi connectivity index (χ2v) is 9.76. The third kappa shape index (κ3) is 7.47. The zero-order valence-electron chi connectivity index (χ0n) is 21.4. The first-order valence-corrected chi connectivity index (χ1v) is 12.8. The first kappa shape index (κ1) is 26.5. The lowest BCUT2D eigenvalue weighted by Crippen LogP contribution is -2.39. The summed E-state index contributed by atoms with van der Waals surface area (Å²) in [5, 5.41) is 23.0. The van der Waals surface area contributed by atoms with Crippen LogP contribution in [0.1, 0.15) is 36.2 Å². The van der Waals surface area contributed by atoms with E-state index in [1.165, 1.54) is 0 Å². The Kier molecular flexibility index (Phi) is 9.04. The maximum absolute atomic E-state index is 11.6. The Labute approximate surface area is 218 Å². The number of carboxylic acid groups (broad SMARTS) is 1. The molecule has 37 heavy (non-hydrogen) atoms. The number of ether oxygens (including phenoxy) is 3. The Balaban J connectivity index is 1.32. The maximum Gasteiger partial charge on any atom is 0.339 e. The summed E-state index contributed by atoms with van der Waals surface area (Å²) in [6.45, 7) is 5.79. The zero-order valence-corrected chi connectivity index (χ0v) is 21.4. The first-order valence-electron chi connectivity index (χ1n) is 12.8. The van der Waals surface area contributed by atoms with Crippen LogP contribution in [0.15, 0.2) is 66.7 Å². The van der Waals surface area contributed by atoms with Gasteiger partial charge in [-0.15, -0.1) is 0 Å². The maximum atomic E-state index is 11.6. The summed E-state index contributed by atoms with van der Waals surface area (Å²) >= 11 is 0. The van der Waals surface area contributed by atoms with Crippen molar-refractivity contribution in [3.05, 3.63) is 77.9 Å². The Hall–Kier alpha value is -3.55. The van der Waals surface area contributed by atoms with E-state index in [2.05, 4.69) is 11.4 Å². The highest BCUT2D eigenvalue weighted by Crippen LogP contribution is 2.34. The third-order valence-electron chi connectivity index (χ3n) is 6.14. The molecule has 0 aliphatic carbocycles. The van der Waals surface area contributed by atoms with Crippen molar-refractivity contribution < 1.29 is 29.2 Å². The molecule has 0 aromatic heterocycles. The summed E-state index contributed by atoms with van der Waals surface area (Å²) < 4.78 is 17.6. The van der Waals surface area contributed by atoms with Crippen LogP contribution in [0.2, 0.25) is 0 Å². The van der Waals surface area contributed by atoms with E-state index in [0.29, 0.717) is 31.4 Å². The number of aryl methyl sites for hydroxylation is 1. The number of carbonyl (C=O) groups is 1. The Morgan fingerprint density at radius 3 is 2.54 bits per heavy atom. The number of hydrogen-bond acceptors (Lipinski definition) is 6. The molecule has 3 N–H and O–H groups in total. The highest BCUT2D eigenvalue weighted by molar-refractivity contribution is 5.92. The van der Waals surface area contributed by atoms with Crippen LogP contribution in [0.25, 0.3) is 11.1 Å². The molecule has 1 aliphatic rings. The molecule has 3 aromatic rings. The molecule has 1 heterocycles. The topological polar surface area (TPSA) is 97.3 Å². The highest BCUT2D eigenvalue weighted by Gasteiger charge is 2.21. The molecule has 196 valence electrons. The van der Waals surface area contributed by atoms with Crippen LogP contribution in [0.5, 0.6) is 17.2 Å². The van der Waals surface area contributed by atoms with Crippen molar-refractivity contribution in [2.45, 2.75) is 38.9 Å². The summed E-state index contributed by atoms with van der Waals surface area (Å²) in [6, 6.07) is 20.7. The van der Waals surface area contributed by atoms with Crippen LogP contribution < -0.4 is 19.5 Å². The third-order valence-corrected chi connectivity index (χ3v) is 6.14. The van der Waals surface area contributed by atoms with E-state index in [1.54, 1.807) is 12.1 Å². The molecular weight excluding hydrogens is 470 g/mol. The minimum absolute atomic E-state index is 0.0199. The quantitative estimate of drug-likeness (QED) is 0.325. The number of aromatic carboxylic acids is 1. The number of nitrogens with one attached hydrogen (secondary N) is 1. The Morgan fingerprint density at radius 2 is 1.78 bits per heavy atom. The van der Waals surface area contributed by atoms with Gasteiger partial charge in [0.1, 0.15) is 41.6 Å². The molecule has 0 unspecified atom stereocenters. The van der Waals surface area contributed by atoms with E-state index in [1.807, 2.05) is 62.4 Å². The molecule has 0 saturated carbocycles. The second-order valence-electron chi connectivity index (χ2n) is 9.76. The van der Waals surface area contributed by atoms with Gasteiger partial charge in [-0.05, 0) is 71.8 Å². The standard InChI is InChI=1S/C30H35NO6/c1-20(2)18-36-29-15-22(9-12-27(29)30(33)34)21-10-13-28-23(14-21)8-11-26(37-28)17-31-16-24(32)19-35-25-6-4-3-5-7-25/h3-7,9-10,12-15,20,24,26,31-32H,8,11,16-19H2,1-2H3,(H,33,34)/t24-,26+/m0/s1. The normalized spacial score (nSPS) is 15.5. The van der Waals surface area contributed by atoms with Crippen molar-refractivity contribution in [3.8, 4) is 28.4 Å². The van der Waals surface area contributed by atoms with E-state index < -0.39 is 12.1 Å². The molecule has 0 saturated heterocycles. The lowest BCUT2D eigenvalue weighted by Gasteiger charge is -2.27. The van der Waals surface area contributed by atoms with Crippen LogP contribution in [-0.2, 0) is 6.42 Å². The summed E-state index contributed by atoms with van der Waals surface area (Å²) in [6.07, 6.45) is 1.15. The average molecular weight is 506 g/mol. The average Bonchev–Trinajstić information content (AvgIpc) is 2.90. The van der Waals surface area contributed by atoms with Crippen molar-refractivity contribution in [2.75, 3.05) is 26.3 Å². The molecule has 2 atom stereocenters. The number of carboxylic acids is 1. The second kappa shape index (κ2) is 12.6. The van der Waals surface area contributed by atoms with Crippen LogP contribution in [0.3, 0.4) is 0 Å². The number of hydrogen-bond donors (Lipinski definition) is 3. The number of rotatable bonds is 12.